The fourth-order valence-corrected chi connectivity index (χ4v) is 3.60. The lowest BCUT2D eigenvalue weighted by molar-refractivity contribution is 0.00502. The van der Waals surface area contributed by atoms with Gasteiger partial charge in [-0.1, -0.05) is 40.0 Å². The van der Waals surface area contributed by atoms with Crippen LogP contribution in [0.25, 0.3) is 0 Å². The van der Waals surface area contributed by atoms with Crippen molar-refractivity contribution < 1.29 is 0 Å². The molecule has 2 saturated carbocycles. The molecule has 0 aliphatic heterocycles. The van der Waals surface area contributed by atoms with Crippen LogP contribution in [0, 0.1) is 23.2 Å². The molecule has 0 aromatic rings. The van der Waals surface area contributed by atoms with Gasteiger partial charge in [0.2, 0.25) is 0 Å². The van der Waals surface area contributed by atoms with Gasteiger partial charge in [-0.3, -0.25) is 0 Å². The highest BCUT2D eigenvalue weighted by Gasteiger charge is 2.42. The molecule has 3 atom stereocenters. The molecule has 13 heavy (non-hydrogen) atoms. The van der Waals surface area contributed by atoms with Crippen LogP contribution < -0.4 is 0 Å². The number of hydrogen-bond donors (Lipinski definition) is 0. The second-order valence-electron chi connectivity index (χ2n) is 6.06. The summed E-state index contributed by atoms with van der Waals surface area (Å²) in [5, 5.41) is 0. The minimum absolute atomic E-state index is 0.650. The first-order valence-corrected chi connectivity index (χ1v) is 6.11. The highest BCUT2D eigenvalue weighted by atomic mass is 14.5. The molecule has 2 aliphatic carbocycles. The third kappa shape index (κ3) is 1.65. The quantitative estimate of drug-likeness (QED) is 0.566. The van der Waals surface area contributed by atoms with Crippen molar-refractivity contribution in [3.05, 3.63) is 0 Å². The molecule has 0 heteroatoms. The molecule has 0 saturated heterocycles. The predicted octanol–water partition coefficient (Wildman–Crippen LogP) is 4.25. The lowest BCUT2D eigenvalue weighted by Crippen LogP contribution is -2.40. The van der Waals surface area contributed by atoms with Crippen molar-refractivity contribution in [3.8, 4) is 0 Å². The van der Waals surface area contributed by atoms with Crippen molar-refractivity contribution in [1.82, 2.24) is 0 Å². The standard InChI is InChI=1S/C13H24/c1-10-7-8-11(10)12-6-4-5-9-13(12,2)3/h10-12H,4-9H2,1-3H3. The summed E-state index contributed by atoms with van der Waals surface area (Å²) in [6, 6.07) is 0. The van der Waals surface area contributed by atoms with Crippen molar-refractivity contribution in [1.29, 1.82) is 0 Å². The maximum Gasteiger partial charge on any atom is -0.0323 e. The number of hydrogen-bond acceptors (Lipinski definition) is 0. The summed E-state index contributed by atoms with van der Waals surface area (Å²) in [5.41, 5.74) is 0.650. The fourth-order valence-electron chi connectivity index (χ4n) is 3.60. The Morgan fingerprint density at radius 1 is 1.00 bits per heavy atom. The van der Waals surface area contributed by atoms with Crippen LogP contribution in [0.2, 0.25) is 0 Å². The van der Waals surface area contributed by atoms with E-state index < -0.39 is 0 Å². The number of rotatable bonds is 1. The Balaban J connectivity index is 2.03. The average Bonchev–Trinajstić information content (AvgIpc) is 2.06. The van der Waals surface area contributed by atoms with E-state index in [1.54, 1.807) is 0 Å². The van der Waals surface area contributed by atoms with Gasteiger partial charge in [-0.2, -0.15) is 0 Å². The zero-order valence-electron chi connectivity index (χ0n) is 9.47. The van der Waals surface area contributed by atoms with E-state index in [4.69, 9.17) is 0 Å². The molecule has 2 aliphatic rings. The molecule has 0 N–H and O–H groups in total. The molecular formula is C13H24. The zero-order chi connectivity index (χ0) is 9.47. The average molecular weight is 180 g/mol. The first kappa shape index (κ1) is 9.55. The van der Waals surface area contributed by atoms with Gasteiger partial charge in [0.15, 0.2) is 0 Å². The lowest BCUT2D eigenvalue weighted by atomic mass is 9.56. The summed E-state index contributed by atoms with van der Waals surface area (Å²) < 4.78 is 0. The van der Waals surface area contributed by atoms with E-state index >= 15 is 0 Å². The monoisotopic (exact) mass is 180 g/mol. The van der Waals surface area contributed by atoms with E-state index in [-0.39, 0.29) is 0 Å². The smallest absolute Gasteiger partial charge is 0.0323 e. The van der Waals surface area contributed by atoms with Crippen molar-refractivity contribution in [2.24, 2.45) is 23.2 Å². The molecule has 2 fully saturated rings. The van der Waals surface area contributed by atoms with Gasteiger partial charge in [0.25, 0.3) is 0 Å². The van der Waals surface area contributed by atoms with Gasteiger partial charge in [-0.15, -0.1) is 0 Å². The predicted molar refractivity (Wildman–Crippen MR) is 57.6 cm³/mol. The minimum Gasteiger partial charge on any atom is -0.0622 e. The van der Waals surface area contributed by atoms with E-state index in [1.165, 1.54) is 38.5 Å². The van der Waals surface area contributed by atoms with E-state index in [0.717, 1.165) is 17.8 Å². The Morgan fingerprint density at radius 2 is 1.77 bits per heavy atom. The van der Waals surface area contributed by atoms with Gasteiger partial charge < -0.3 is 0 Å². The maximum absolute atomic E-state index is 2.50. The Bertz CT molecular complexity index is 180. The van der Waals surface area contributed by atoms with Crippen LogP contribution in [-0.4, -0.2) is 0 Å². The van der Waals surface area contributed by atoms with Gasteiger partial charge in [-0.05, 0) is 42.4 Å². The summed E-state index contributed by atoms with van der Waals surface area (Å²) in [4.78, 5) is 0. The fraction of sp³-hybridized carbons (Fsp3) is 1.00. The minimum atomic E-state index is 0.650. The third-order valence-corrected chi connectivity index (χ3v) is 4.79. The van der Waals surface area contributed by atoms with E-state index in [1.807, 2.05) is 0 Å². The van der Waals surface area contributed by atoms with Crippen LogP contribution in [-0.2, 0) is 0 Å². The van der Waals surface area contributed by atoms with Crippen molar-refractivity contribution in [3.63, 3.8) is 0 Å². The molecular weight excluding hydrogens is 156 g/mol. The molecule has 76 valence electrons. The second kappa shape index (κ2) is 3.29. The molecule has 2 rings (SSSR count). The van der Waals surface area contributed by atoms with Gasteiger partial charge >= 0.3 is 0 Å². The molecule has 0 aromatic heterocycles. The Labute approximate surface area is 83.1 Å². The molecule has 0 nitrogen and oxygen atoms in total. The van der Waals surface area contributed by atoms with Gasteiger partial charge in [0.05, 0.1) is 0 Å². The zero-order valence-corrected chi connectivity index (χ0v) is 9.47. The SMILES string of the molecule is CC1CCC1C1CCCCC1(C)C. The first-order valence-electron chi connectivity index (χ1n) is 6.11. The van der Waals surface area contributed by atoms with E-state index in [9.17, 15) is 0 Å². The van der Waals surface area contributed by atoms with Crippen LogP contribution in [0.1, 0.15) is 59.3 Å². The van der Waals surface area contributed by atoms with E-state index in [2.05, 4.69) is 20.8 Å². The highest BCUT2D eigenvalue weighted by Crippen LogP contribution is 2.52. The van der Waals surface area contributed by atoms with Crippen LogP contribution in [0.5, 0.6) is 0 Å². The van der Waals surface area contributed by atoms with Crippen LogP contribution in [0.3, 0.4) is 0 Å². The van der Waals surface area contributed by atoms with Crippen molar-refractivity contribution in [2.75, 3.05) is 0 Å². The summed E-state index contributed by atoms with van der Waals surface area (Å²) in [6.07, 6.45) is 8.98. The van der Waals surface area contributed by atoms with Gasteiger partial charge in [0, 0.05) is 0 Å². The first-order chi connectivity index (χ1) is 6.11. The normalized spacial score (nSPS) is 44.1. The van der Waals surface area contributed by atoms with Crippen molar-refractivity contribution in [2.45, 2.75) is 59.3 Å². The molecule has 0 aromatic carbocycles. The molecule has 0 amide bonds. The summed E-state index contributed by atoms with van der Waals surface area (Å²) >= 11 is 0. The summed E-state index contributed by atoms with van der Waals surface area (Å²) in [7, 11) is 0. The van der Waals surface area contributed by atoms with Gasteiger partial charge in [-0.25, -0.2) is 0 Å². The summed E-state index contributed by atoms with van der Waals surface area (Å²) in [5.74, 6) is 3.16. The second-order valence-corrected chi connectivity index (χ2v) is 6.06. The van der Waals surface area contributed by atoms with E-state index in [0.29, 0.717) is 5.41 Å². The Kier molecular flexibility index (Phi) is 2.42. The van der Waals surface area contributed by atoms with Crippen LogP contribution in [0.15, 0.2) is 0 Å². The molecule has 0 bridgehead atoms. The highest BCUT2D eigenvalue weighted by molar-refractivity contribution is 4.92. The third-order valence-electron chi connectivity index (χ3n) is 4.79. The molecule has 3 unspecified atom stereocenters. The maximum atomic E-state index is 2.50. The topological polar surface area (TPSA) is 0 Å². The van der Waals surface area contributed by atoms with Gasteiger partial charge in [0.1, 0.15) is 0 Å². The Morgan fingerprint density at radius 3 is 2.23 bits per heavy atom. The molecule has 0 heterocycles. The van der Waals surface area contributed by atoms with Crippen LogP contribution >= 0.6 is 0 Å². The molecule has 0 spiro atoms. The summed E-state index contributed by atoms with van der Waals surface area (Å²) in [6.45, 7) is 7.46. The molecule has 0 radical (unpaired) electrons. The van der Waals surface area contributed by atoms with Crippen molar-refractivity contribution >= 4 is 0 Å². The van der Waals surface area contributed by atoms with Crippen LogP contribution in [0.4, 0.5) is 0 Å². The largest absolute Gasteiger partial charge is 0.0622 e. The lowest BCUT2D eigenvalue weighted by Gasteiger charge is -2.49. The Hall–Kier alpha value is 0.